The predicted molar refractivity (Wildman–Crippen MR) is 49.2 cm³/mol. The highest BCUT2D eigenvalue weighted by Gasteiger charge is 2.10. The Kier molecular flexibility index (Phi) is 4.50. The van der Waals surface area contributed by atoms with E-state index in [2.05, 4.69) is 25.9 Å². The Balaban J connectivity index is 3.57. The van der Waals surface area contributed by atoms with Crippen LogP contribution in [-0.2, 0) is 4.84 Å². The second-order valence-corrected chi connectivity index (χ2v) is 4.06. The van der Waals surface area contributed by atoms with E-state index in [9.17, 15) is 0 Å². The summed E-state index contributed by atoms with van der Waals surface area (Å²) in [4.78, 5) is 5.05. The van der Waals surface area contributed by atoms with E-state index < -0.39 is 0 Å². The van der Waals surface area contributed by atoms with Gasteiger partial charge in [0.05, 0.1) is 11.6 Å². The van der Waals surface area contributed by atoms with Crippen molar-refractivity contribution in [3.8, 4) is 0 Å². The molecule has 0 aliphatic rings. The third kappa shape index (κ3) is 7.66. The number of nitrogens with zero attached hydrogens (tertiary/aromatic N) is 1. The fourth-order valence-electron chi connectivity index (χ4n) is 0.361. The minimum Gasteiger partial charge on any atom is -0.395 e. The van der Waals surface area contributed by atoms with Crippen LogP contribution in [0.5, 0.6) is 0 Å². The molecule has 0 heterocycles. The molecule has 3 heteroatoms. The van der Waals surface area contributed by atoms with Crippen LogP contribution in [0.4, 0.5) is 0 Å². The molecule has 0 saturated heterocycles. The lowest BCUT2D eigenvalue weighted by Crippen LogP contribution is -2.13. The van der Waals surface area contributed by atoms with Crippen molar-refractivity contribution in [2.75, 3.05) is 12.5 Å². The largest absolute Gasteiger partial charge is 0.395 e. The first kappa shape index (κ1) is 10.8. The summed E-state index contributed by atoms with van der Waals surface area (Å²) in [5, 5.41) is 3.81. The van der Waals surface area contributed by atoms with E-state index in [4.69, 9.17) is 16.4 Å². The molecular weight excluding hydrogens is 162 g/mol. The summed E-state index contributed by atoms with van der Waals surface area (Å²) < 4.78 is 0. The molecule has 0 bridgehead atoms. The topological polar surface area (TPSA) is 21.6 Å². The van der Waals surface area contributed by atoms with Crippen molar-refractivity contribution >= 4 is 17.3 Å². The van der Waals surface area contributed by atoms with Gasteiger partial charge in [0.15, 0.2) is 0 Å². The van der Waals surface area contributed by atoms with Crippen LogP contribution >= 0.6 is 11.6 Å². The molecule has 2 nitrogen and oxygen atoms in total. The first-order valence-electron chi connectivity index (χ1n) is 3.67. The summed E-state index contributed by atoms with van der Waals surface area (Å²) in [7, 11) is 0. The molecular formula is C8H16ClNO. The number of alkyl halides is 1. The van der Waals surface area contributed by atoms with Crippen LogP contribution in [0.3, 0.4) is 0 Å². The average molecular weight is 178 g/mol. The molecule has 0 aromatic heterocycles. The molecule has 0 amide bonds. The Morgan fingerprint density at radius 3 is 2.36 bits per heavy atom. The monoisotopic (exact) mass is 177 g/mol. The van der Waals surface area contributed by atoms with Crippen LogP contribution in [0.25, 0.3) is 0 Å². The smallest absolute Gasteiger partial charge is 0.122 e. The second-order valence-electron chi connectivity index (χ2n) is 3.79. The van der Waals surface area contributed by atoms with E-state index >= 15 is 0 Å². The molecule has 11 heavy (non-hydrogen) atoms. The van der Waals surface area contributed by atoms with E-state index in [1.807, 2.05) is 6.92 Å². The number of hydrogen-bond donors (Lipinski definition) is 0. The molecule has 0 aromatic carbocycles. The summed E-state index contributed by atoms with van der Waals surface area (Å²) in [6, 6.07) is 0. The Morgan fingerprint density at radius 2 is 2.00 bits per heavy atom. The number of halogens is 1. The highest BCUT2D eigenvalue weighted by molar-refractivity contribution is 6.28. The number of hydrogen-bond acceptors (Lipinski definition) is 2. The summed E-state index contributed by atoms with van der Waals surface area (Å²) >= 11 is 5.49. The average Bonchev–Trinajstić information content (AvgIpc) is 1.85. The fourth-order valence-corrected chi connectivity index (χ4v) is 0.409. The third-order valence-corrected chi connectivity index (χ3v) is 1.30. The molecule has 0 N–H and O–H groups in total. The van der Waals surface area contributed by atoms with Crippen LogP contribution in [0.15, 0.2) is 5.16 Å². The van der Waals surface area contributed by atoms with E-state index in [1.54, 1.807) is 0 Å². The van der Waals surface area contributed by atoms with Gasteiger partial charge in [-0.05, 0) is 12.3 Å². The summed E-state index contributed by atoms with van der Waals surface area (Å²) in [5.41, 5.74) is 0.978. The lowest BCUT2D eigenvalue weighted by molar-refractivity contribution is 0.0770. The van der Waals surface area contributed by atoms with Gasteiger partial charge in [-0.2, -0.15) is 0 Å². The predicted octanol–water partition coefficient (Wildman–Crippen LogP) is 2.66. The quantitative estimate of drug-likeness (QED) is 0.369. The Labute approximate surface area is 73.6 Å². The molecule has 0 unspecified atom stereocenters. The zero-order valence-corrected chi connectivity index (χ0v) is 8.40. The van der Waals surface area contributed by atoms with Crippen molar-refractivity contribution in [3.05, 3.63) is 0 Å². The van der Waals surface area contributed by atoms with Crippen LogP contribution in [0, 0.1) is 5.41 Å². The molecule has 0 aliphatic carbocycles. The van der Waals surface area contributed by atoms with E-state index in [1.165, 1.54) is 0 Å². The van der Waals surface area contributed by atoms with E-state index in [0.29, 0.717) is 12.5 Å². The molecule has 0 fully saturated rings. The van der Waals surface area contributed by atoms with Crippen LogP contribution in [-0.4, -0.2) is 18.2 Å². The zero-order valence-electron chi connectivity index (χ0n) is 7.65. The Hall–Kier alpha value is -0.240. The maximum Gasteiger partial charge on any atom is 0.122 e. The van der Waals surface area contributed by atoms with Gasteiger partial charge in [0.2, 0.25) is 0 Å². The Bertz CT molecular complexity index is 138. The van der Waals surface area contributed by atoms with Crippen LogP contribution in [0.1, 0.15) is 27.7 Å². The molecule has 0 saturated carbocycles. The van der Waals surface area contributed by atoms with Crippen molar-refractivity contribution in [1.82, 2.24) is 0 Å². The van der Waals surface area contributed by atoms with Gasteiger partial charge >= 0.3 is 0 Å². The molecule has 0 spiro atoms. The minimum absolute atomic E-state index is 0.163. The van der Waals surface area contributed by atoms with Crippen LogP contribution in [0.2, 0.25) is 0 Å². The van der Waals surface area contributed by atoms with Gasteiger partial charge in [-0.1, -0.05) is 25.9 Å². The number of rotatable bonds is 3. The summed E-state index contributed by atoms with van der Waals surface area (Å²) in [5.74, 6) is 0.435. The maximum absolute atomic E-state index is 5.49. The molecule has 66 valence electrons. The van der Waals surface area contributed by atoms with Gasteiger partial charge in [-0.3, -0.25) is 0 Å². The second kappa shape index (κ2) is 4.60. The molecule has 0 aromatic rings. The normalized spacial score (nSPS) is 13.4. The summed E-state index contributed by atoms with van der Waals surface area (Å²) in [6.07, 6.45) is 0. The van der Waals surface area contributed by atoms with Crippen molar-refractivity contribution in [2.45, 2.75) is 27.7 Å². The highest BCUT2D eigenvalue weighted by atomic mass is 35.5. The van der Waals surface area contributed by atoms with Gasteiger partial charge < -0.3 is 4.84 Å². The van der Waals surface area contributed by atoms with Crippen molar-refractivity contribution in [1.29, 1.82) is 0 Å². The van der Waals surface area contributed by atoms with E-state index in [-0.39, 0.29) is 5.41 Å². The highest BCUT2D eigenvalue weighted by Crippen LogP contribution is 2.12. The van der Waals surface area contributed by atoms with Crippen molar-refractivity contribution < 1.29 is 4.84 Å². The zero-order chi connectivity index (χ0) is 8.91. The number of oxime groups is 1. The van der Waals surface area contributed by atoms with Gasteiger partial charge in [-0.15, -0.1) is 11.6 Å². The fraction of sp³-hybridized carbons (Fsp3) is 0.875. The first-order valence-corrected chi connectivity index (χ1v) is 4.20. The van der Waals surface area contributed by atoms with Crippen molar-refractivity contribution in [2.24, 2.45) is 10.6 Å². The van der Waals surface area contributed by atoms with Gasteiger partial charge in [0.1, 0.15) is 6.61 Å². The minimum atomic E-state index is 0.163. The molecule has 0 rings (SSSR count). The van der Waals surface area contributed by atoms with Gasteiger partial charge in [-0.25, -0.2) is 0 Å². The van der Waals surface area contributed by atoms with Crippen LogP contribution < -0.4 is 0 Å². The van der Waals surface area contributed by atoms with Crippen molar-refractivity contribution in [3.63, 3.8) is 0 Å². The maximum atomic E-state index is 5.49. The summed E-state index contributed by atoms with van der Waals surface area (Å²) in [6.45, 7) is 8.76. The Morgan fingerprint density at radius 1 is 1.45 bits per heavy atom. The lowest BCUT2D eigenvalue weighted by atomic mass is 9.99. The van der Waals surface area contributed by atoms with E-state index in [0.717, 1.165) is 5.71 Å². The molecule has 0 radical (unpaired) electrons. The van der Waals surface area contributed by atoms with Gasteiger partial charge in [0.25, 0.3) is 0 Å². The molecule has 0 atom stereocenters. The lowest BCUT2D eigenvalue weighted by Gasteiger charge is -2.15. The molecule has 0 aliphatic heterocycles. The first-order chi connectivity index (χ1) is 4.95. The third-order valence-electron chi connectivity index (χ3n) is 0.911. The van der Waals surface area contributed by atoms with Gasteiger partial charge in [0, 0.05) is 0 Å². The standard InChI is InChI=1S/C8H16ClNO/c1-7(5-9)10-11-6-8(2,3)4/h5-6H2,1-4H3/b10-7+. The SMILES string of the molecule is C/C(CCl)=N\OCC(C)(C)C.